The maximum absolute atomic E-state index is 12.8. The Morgan fingerprint density at radius 2 is 1.77 bits per heavy atom. The highest BCUT2D eigenvalue weighted by Crippen LogP contribution is 2.31. The molecule has 0 aromatic carbocycles. The normalized spacial score (nSPS) is 16.6. The van der Waals surface area contributed by atoms with Gasteiger partial charge in [-0.15, -0.1) is 0 Å². The lowest BCUT2D eigenvalue weighted by molar-refractivity contribution is 0.0729. The molecule has 0 aliphatic carbocycles. The monoisotopic (exact) mass is 347 g/mol. The zero-order chi connectivity index (χ0) is 17.9. The molecule has 0 radical (unpaired) electrons. The van der Waals surface area contributed by atoms with Gasteiger partial charge in [0.2, 0.25) is 0 Å². The zero-order valence-corrected chi connectivity index (χ0v) is 14.0. The average molecular weight is 347 g/mol. The molecule has 4 heterocycles. The first-order valence-corrected chi connectivity index (χ1v) is 8.45. The maximum Gasteiger partial charge on any atom is 0.254 e. The van der Waals surface area contributed by atoms with E-state index in [4.69, 9.17) is 0 Å². The van der Waals surface area contributed by atoms with Crippen LogP contribution in [0.3, 0.4) is 0 Å². The van der Waals surface area contributed by atoms with Crippen LogP contribution in [-0.4, -0.2) is 37.3 Å². The molecule has 1 aliphatic heterocycles. The molecule has 3 aromatic heterocycles. The molecule has 130 valence electrons. The zero-order valence-electron chi connectivity index (χ0n) is 14.0. The number of nitrogens with one attached hydrogen (secondary N) is 1. The van der Waals surface area contributed by atoms with E-state index in [1.54, 1.807) is 54.0 Å². The first-order chi connectivity index (χ1) is 12.7. The van der Waals surface area contributed by atoms with E-state index >= 15 is 0 Å². The fourth-order valence-corrected chi connectivity index (χ4v) is 3.26. The van der Waals surface area contributed by atoms with Crippen LogP contribution in [0.4, 0.5) is 0 Å². The molecule has 1 fully saturated rings. The third-order valence-corrected chi connectivity index (χ3v) is 4.49. The Kier molecular flexibility index (Phi) is 4.27. The van der Waals surface area contributed by atoms with Crippen molar-refractivity contribution in [3.05, 3.63) is 76.9 Å². The largest absolute Gasteiger partial charge is 0.328 e. The molecule has 7 heteroatoms. The summed E-state index contributed by atoms with van der Waals surface area (Å²) in [5.74, 6) is 0.441. The molecule has 1 amide bonds. The number of aromatic nitrogens is 4. The molecule has 7 nitrogen and oxygen atoms in total. The number of aromatic amines is 1. The second-order valence-corrected chi connectivity index (χ2v) is 6.14. The highest BCUT2D eigenvalue weighted by atomic mass is 16.2. The van der Waals surface area contributed by atoms with Crippen molar-refractivity contribution in [3.63, 3.8) is 0 Å². The van der Waals surface area contributed by atoms with Gasteiger partial charge in [-0.1, -0.05) is 0 Å². The molecule has 26 heavy (non-hydrogen) atoms. The first-order valence-electron chi connectivity index (χ1n) is 8.45. The minimum Gasteiger partial charge on any atom is -0.328 e. The fourth-order valence-electron chi connectivity index (χ4n) is 3.26. The van der Waals surface area contributed by atoms with Gasteiger partial charge in [-0.2, -0.15) is 0 Å². The number of hydrogen-bond donors (Lipinski definition) is 1. The second-order valence-electron chi connectivity index (χ2n) is 6.14. The van der Waals surface area contributed by atoms with Crippen LogP contribution in [-0.2, 0) is 0 Å². The highest BCUT2D eigenvalue weighted by Gasteiger charge is 2.32. The standard InChI is InChI=1S/C19H17N5O2/c25-17-12-15(13-3-7-20-8-4-13)22-18(23-17)16-2-1-11-24(16)19(26)14-5-9-21-10-6-14/h3-10,12,16H,1-2,11H2,(H,22,23,25)/t16-/m1/s1. The van der Waals surface area contributed by atoms with Crippen molar-refractivity contribution in [3.8, 4) is 11.3 Å². The van der Waals surface area contributed by atoms with Gasteiger partial charge in [-0.05, 0) is 37.1 Å². The van der Waals surface area contributed by atoms with Gasteiger partial charge >= 0.3 is 0 Å². The molecule has 4 rings (SSSR count). The van der Waals surface area contributed by atoms with E-state index in [1.807, 2.05) is 0 Å². The van der Waals surface area contributed by atoms with Gasteiger partial charge in [0, 0.05) is 48.5 Å². The molecule has 1 N–H and O–H groups in total. The maximum atomic E-state index is 12.8. The molecular weight excluding hydrogens is 330 g/mol. The molecule has 0 unspecified atom stereocenters. The van der Waals surface area contributed by atoms with Crippen LogP contribution < -0.4 is 5.56 Å². The Morgan fingerprint density at radius 1 is 1.08 bits per heavy atom. The van der Waals surface area contributed by atoms with E-state index < -0.39 is 0 Å². The van der Waals surface area contributed by atoms with Gasteiger partial charge in [0.1, 0.15) is 5.82 Å². The van der Waals surface area contributed by atoms with Crippen molar-refractivity contribution in [2.75, 3.05) is 6.54 Å². The van der Waals surface area contributed by atoms with Crippen LogP contribution in [0.2, 0.25) is 0 Å². The van der Waals surface area contributed by atoms with Crippen molar-refractivity contribution in [1.82, 2.24) is 24.8 Å². The van der Waals surface area contributed by atoms with Crippen LogP contribution in [0, 0.1) is 0 Å². The fraction of sp³-hybridized carbons (Fsp3) is 0.211. The van der Waals surface area contributed by atoms with Gasteiger partial charge in [-0.3, -0.25) is 19.6 Å². The predicted octanol–water partition coefficient (Wildman–Crippen LogP) is 2.20. The number of likely N-dealkylation sites (tertiary alicyclic amines) is 1. The quantitative estimate of drug-likeness (QED) is 0.784. The van der Waals surface area contributed by atoms with E-state index in [9.17, 15) is 9.59 Å². The number of rotatable bonds is 3. The Morgan fingerprint density at radius 3 is 2.50 bits per heavy atom. The van der Waals surface area contributed by atoms with Gasteiger partial charge in [0.25, 0.3) is 11.5 Å². The Labute approximate surface area is 149 Å². The summed E-state index contributed by atoms with van der Waals surface area (Å²) in [4.78, 5) is 42.1. The number of H-pyrrole nitrogens is 1. The third kappa shape index (κ3) is 3.11. The molecule has 1 atom stereocenters. The third-order valence-electron chi connectivity index (χ3n) is 4.49. The second kappa shape index (κ2) is 6.87. The van der Waals surface area contributed by atoms with Crippen molar-refractivity contribution in [2.45, 2.75) is 18.9 Å². The van der Waals surface area contributed by atoms with E-state index in [-0.39, 0.29) is 17.5 Å². The minimum atomic E-state index is -0.245. The van der Waals surface area contributed by atoms with Gasteiger partial charge < -0.3 is 9.88 Å². The number of amides is 1. The van der Waals surface area contributed by atoms with E-state index in [0.29, 0.717) is 23.6 Å². The smallest absolute Gasteiger partial charge is 0.254 e. The first kappa shape index (κ1) is 16.1. The van der Waals surface area contributed by atoms with Crippen molar-refractivity contribution in [2.24, 2.45) is 0 Å². The number of pyridine rings is 2. The average Bonchev–Trinajstić information content (AvgIpc) is 3.18. The molecule has 0 bridgehead atoms. The molecular formula is C19H17N5O2. The Balaban J connectivity index is 1.69. The summed E-state index contributed by atoms with van der Waals surface area (Å²) in [5, 5.41) is 0. The lowest BCUT2D eigenvalue weighted by Crippen LogP contribution is -2.32. The number of nitrogens with zero attached hydrogens (tertiary/aromatic N) is 4. The van der Waals surface area contributed by atoms with Crippen molar-refractivity contribution < 1.29 is 4.79 Å². The minimum absolute atomic E-state index is 0.0770. The van der Waals surface area contributed by atoms with Crippen LogP contribution in [0.25, 0.3) is 11.3 Å². The van der Waals surface area contributed by atoms with E-state index in [1.165, 1.54) is 6.07 Å². The van der Waals surface area contributed by atoms with Crippen molar-refractivity contribution >= 4 is 5.91 Å². The topological polar surface area (TPSA) is 91.8 Å². The van der Waals surface area contributed by atoms with E-state index in [0.717, 1.165) is 18.4 Å². The SMILES string of the molecule is O=C(c1ccncc1)N1CCC[C@@H]1c1nc(-c2ccncc2)cc(=O)[nH]1. The summed E-state index contributed by atoms with van der Waals surface area (Å²) in [7, 11) is 0. The summed E-state index contributed by atoms with van der Waals surface area (Å²) >= 11 is 0. The summed E-state index contributed by atoms with van der Waals surface area (Å²) in [6.45, 7) is 0.634. The van der Waals surface area contributed by atoms with Gasteiger partial charge in [0.05, 0.1) is 11.7 Å². The summed E-state index contributed by atoms with van der Waals surface area (Å²) < 4.78 is 0. The summed E-state index contributed by atoms with van der Waals surface area (Å²) in [6.07, 6.45) is 8.15. The van der Waals surface area contributed by atoms with Gasteiger partial charge in [0.15, 0.2) is 0 Å². The summed E-state index contributed by atoms with van der Waals surface area (Å²) in [5.41, 5.74) is 1.75. The van der Waals surface area contributed by atoms with Crippen LogP contribution in [0.1, 0.15) is 35.1 Å². The van der Waals surface area contributed by atoms with Crippen LogP contribution in [0.15, 0.2) is 59.9 Å². The Hall–Kier alpha value is -3.35. The lowest BCUT2D eigenvalue weighted by Gasteiger charge is -2.24. The molecule has 1 saturated heterocycles. The van der Waals surface area contributed by atoms with Crippen molar-refractivity contribution in [1.29, 1.82) is 0 Å². The molecule has 0 spiro atoms. The van der Waals surface area contributed by atoms with Gasteiger partial charge in [-0.25, -0.2) is 4.98 Å². The number of hydrogen-bond acceptors (Lipinski definition) is 5. The lowest BCUT2D eigenvalue weighted by atomic mass is 10.1. The number of carbonyl (C=O) groups excluding carboxylic acids is 1. The molecule has 3 aromatic rings. The molecule has 0 saturated carbocycles. The Bertz CT molecular complexity index is 972. The van der Waals surface area contributed by atoms with Crippen LogP contribution in [0.5, 0.6) is 0 Å². The van der Waals surface area contributed by atoms with Crippen LogP contribution >= 0.6 is 0 Å². The molecule has 1 aliphatic rings. The highest BCUT2D eigenvalue weighted by molar-refractivity contribution is 5.94. The number of carbonyl (C=O) groups is 1. The predicted molar refractivity (Wildman–Crippen MR) is 95.3 cm³/mol. The summed E-state index contributed by atoms with van der Waals surface area (Å²) in [6, 6.07) is 8.22. The van der Waals surface area contributed by atoms with E-state index in [2.05, 4.69) is 19.9 Å².